The summed E-state index contributed by atoms with van der Waals surface area (Å²) in [4.78, 5) is 4.44. The Morgan fingerprint density at radius 2 is 2.23 bits per heavy atom. The average molecular weight is 307 g/mol. The summed E-state index contributed by atoms with van der Waals surface area (Å²) in [6.07, 6.45) is 5.92. The van der Waals surface area contributed by atoms with Crippen molar-refractivity contribution >= 4 is 0 Å². The van der Waals surface area contributed by atoms with E-state index in [0.29, 0.717) is 30.4 Å². The summed E-state index contributed by atoms with van der Waals surface area (Å²) in [5, 5.41) is 21.7. The number of methoxy groups -OCH3 is 1. The Hall–Kier alpha value is -1.80. The quantitative estimate of drug-likeness (QED) is 0.863. The molecule has 0 aromatic carbocycles. The number of hydrogen-bond donors (Lipinski definition) is 1. The molecule has 1 N–H and O–H groups in total. The van der Waals surface area contributed by atoms with Gasteiger partial charge in [-0.05, 0) is 32.1 Å². The van der Waals surface area contributed by atoms with Gasteiger partial charge in [0.25, 0.3) is 5.89 Å². The van der Waals surface area contributed by atoms with Gasteiger partial charge in [-0.15, -0.1) is 5.10 Å². The number of aliphatic hydroxyl groups excluding tert-OH is 1. The van der Waals surface area contributed by atoms with E-state index in [0.717, 1.165) is 25.7 Å². The summed E-state index contributed by atoms with van der Waals surface area (Å²) in [5.41, 5.74) is 0.0715. The van der Waals surface area contributed by atoms with Gasteiger partial charge in [0.05, 0.1) is 18.8 Å². The Morgan fingerprint density at radius 3 is 2.91 bits per heavy atom. The number of hydrogen-bond acceptors (Lipinski definition) is 7. The second-order valence-corrected chi connectivity index (χ2v) is 5.72. The molecule has 0 aliphatic heterocycles. The Bertz CT molecular complexity index is 618. The van der Waals surface area contributed by atoms with Crippen LogP contribution in [0.2, 0.25) is 0 Å². The highest BCUT2D eigenvalue weighted by molar-refractivity contribution is 5.43. The van der Waals surface area contributed by atoms with E-state index >= 15 is 0 Å². The number of rotatable bonds is 6. The van der Waals surface area contributed by atoms with Crippen molar-refractivity contribution in [2.75, 3.05) is 7.11 Å². The molecule has 1 unspecified atom stereocenters. The first kappa shape index (κ1) is 15.1. The minimum Gasteiger partial charge on any atom is -0.391 e. The molecule has 2 aromatic heterocycles. The van der Waals surface area contributed by atoms with Crippen molar-refractivity contribution in [2.24, 2.45) is 0 Å². The fraction of sp³-hybridized carbons (Fsp3) is 0.714. The molecule has 1 atom stereocenters. The van der Waals surface area contributed by atoms with Gasteiger partial charge in [-0.2, -0.15) is 4.98 Å². The van der Waals surface area contributed by atoms with Crippen LogP contribution in [0.3, 0.4) is 0 Å². The summed E-state index contributed by atoms with van der Waals surface area (Å²) in [6.45, 7) is 2.31. The highest BCUT2D eigenvalue weighted by atomic mass is 16.5. The van der Waals surface area contributed by atoms with Gasteiger partial charge in [0, 0.05) is 7.11 Å². The molecule has 1 aliphatic carbocycles. The van der Waals surface area contributed by atoms with Crippen molar-refractivity contribution in [3.05, 3.63) is 12.0 Å². The van der Waals surface area contributed by atoms with Crippen LogP contribution in [0.4, 0.5) is 0 Å². The molecule has 8 nitrogen and oxygen atoms in total. The summed E-state index contributed by atoms with van der Waals surface area (Å²) in [6, 6.07) is 0. The van der Waals surface area contributed by atoms with Crippen LogP contribution < -0.4 is 0 Å². The Morgan fingerprint density at radius 1 is 1.45 bits per heavy atom. The molecule has 1 fully saturated rings. The van der Waals surface area contributed by atoms with E-state index in [1.165, 1.54) is 0 Å². The standard InChI is InChI=1S/C14H21N5O3/c1-3-10(20)8-19-9-11(16-18-19)12-15-13(17-22-12)14(21-2)6-4-5-7-14/h9-10,20H,3-8H2,1-2H3. The van der Waals surface area contributed by atoms with Crippen LogP contribution in [-0.4, -0.2) is 43.5 Å². The van der Waals surface area contributed by atoms with Crippen LogP contribution in [0.1, 0.15) is 44.9 Å². The molecule has 0 radical (unpaired) electrons. The maximum absolute atomic E-state index is 9.65. The molecular formula is C14H21N5O3. The molecule has 0 spiro atoms. The van der Waals surface area contributed by atoms with Gasteiger partial charge in [0.15, 0.2) is 5.69 Å². The maximum Gasteiger partial charge on any atom is 0.280 e. The van der Waals surface area contributed by atoms with Gasteiger partial charge >= 0.3 is 0 Å². The average Bonchev–Trinajstić information content (AvgIpc) is 3.26. The van der Waals surface area contributed by atoms with Gasteiger partial charge in [-0.1, -0.05) is 17.3 Å². The molecule has 0 bridgehead atoms. The van der Waals surface area contributed by atoms with Crippen molar-refractivity contribution in [1.82, 2.24) is 25.1 Å². The van der Waals surface area contributed by atoms with Gasteiger partial charge < -0.3 is 14.4 Å². The summed E-state index contributed by atoms with van der Waals surface area (Å²) < 4.78 is 12.5. The normalized spacial score (nSPS) is 18.7. The van der Waals surface area contributed by atoms with Crippen LogP contribution in [0.15, 0.2) is 10.7 Å². The monoisotopic (exact) mass is 307 g/mol. The van der Waals surface area contributed by atoms with Gasteiger partial charge in [-0.3, -0.25) is 0 Å². The lowest BCUT2D eigenvalue weighted by atomic mass is 10.0. The lowest BCUT2D eigenvalue weighted by Gasteiger charge is -2.22. The molecule has 1 saturated carbocycles. The first-order valence-electron chi connectivity index (χ1n) is 7.65. The van der Waals surface area contributed by atoms with Crippen LogP contribution in [-0.2, 0) is 16.9 Å². The minimum absolute atomic E-state index is 0.329. The molecule has 3 rings (SSSR count). The van der Waals surface area contributed by atoms with E-state index in [9.17, 15) is 5.11 Å². The number of aliphatic hydroxyl groups is 1. The fourth-order valence-electron chi connectivity index (χ4n) is 2.81. The zero-order valence-electron chi connectivity index (χ0n) is 12.9. The van der Waals surface area contributed by atoms with E-state index in [1.807, 2.05) is 6.92 Å². The molecule has 1 aliphatic rings. The molecule has 2 aromatic rings. The molecule has 0 saturated heterocycles. The van der Waals surface area contributed by atoms with Crippen molar-refractivity contribution in [3.8, 4) is 11.6 Å². The van der Waals surface area contributed by atoms with Crippen LogP contribution in [0, 0.1) is 0 Å². The van der Waals surface area contributed by atoms with E-state index in [4.69, 9.17) is 9.26 Å². The molecule has 2 heterocycles. The van der Waals surface area contributed by atoms with E-state index in [2.05, 4.69) is 20.5 Å². The van der Waals surface area contributed by atoms with Crippen molar-refractivity contribution in [1.29, 1.82) is 0 Å². The van der Waals surface area contributed by atoms with Crippen LogP contribution in [0.25, 0.3) is 11.6 Å². The Kier molecular flexibility index (Phi) is 4.21. The van der Waals surface area contributed by atoms with Gasteiger partial charge in [0.2, 0.25) is 5.82 Å². The van der Waals surface area contributed by atoms with Crippen molar-refractivity contribution in [3.63, 3.8) is 0 Å². The maximum atomic E-state index is 9.65. The minimum atomic E-state index is -0.442. The molecular weight excluding hydrogens is 286 g/mol. The molecule has 0 amide bonds. The fourth-order valence-corrected chi connectivity index (χ4v) is 2.81. The Balaban J connectivity index is 1.79. The van der Waals surface area contributed by atoms with Crippen LogP contribution >= 0.6 is 0 Å². The topological polar surface area (TPSA) is 99.1 Å². The summed E-state index contributed by atoms with van der Waals surface area (Å²) in [7, 11) is 1.68. The SMILES string of the molecule is CCC(O)Cn1cc(-c2nc(C3(OC)CCCC3)no2)nn1. The lowest BCUT2D eigenvalue weighted by Crippen LogP contribution is -2.25. The molecule has 8 heteroatoms. The summed E-state index contributed by atoms with van der Waals surface area (Å²) in [5.74, 6) is 0.904. The van der Waals surface area contributed by atoms with E-state index in [-0.39, 0.29) is 0 Å². The predicted molar refractivity (Wildman–Crippen MR) is 76.8 cm³/mol. The van der Waals surface area contributed by atoms with E-state index in [1.54, 1.807) is 18.0 Å². The number of ether oxygens (including phenoxy) is 1. The first-order valence-corrected chi connectivity index (χ1v) is 7.65. The highest BCUT2D eigenvalue weighted by Crippen LogP contribution is 2.40. The van der Waals surface area contributed by atoms with Gasteiger partial charge in [-0.25, -0.2) is 4.68 Å². The number of nitrogens with zero attached hydrogens (tertiary/aromatic N) is 5. The zero-order valence-corrected chi connectivity index (χ0v) is 12.9. The first-order chi connectivity index (χ1) is 10.7. The third kappa shape index (κ3) is 2.76. The van der Waals surface area contributed by atoms with Crippen LogP contribution in [0.5, 0.6) is 0 Å². The Labute approximate surface area is 128 Å². The third-order valence-electron chi connectivity index (χ3n) is 4.26. The third-order valence-corrected chi connectivity index (χ3v) is 4.26. The van der Waals surface area contributed by atoms with Gasteiger partial charge in [0.1, 0.15) is 5.60 Å². The highest BCUT2D eigenvalue weighted by Gasteiger charge is 2.40. The molecule has 120 valence electrons. The second kappa shape index (κ2) is 6.13. The predicted octanol–water partition coefficient (Wildman–Crippen LogP) is 1.51. The second-order valence-electron chi connectivity index (χ2n) is 5.72. The van der Waals surface area contributed by atoms with E-state index < -0.39 is 11.7 Å². The smallest absolute Gasteiger partial charge is 0.280 e. The zero-order chi connectivity index (χ0) is 15.6. The van der Waals surface area contributed by atoms with Crippen molar-refractivity contribution < 1.29 is 14.4 Å². The number of aromatic nitrogens is 5. The van der Waals surface area contributed by atoms with Crippen molar-refractivity contribution in [2.45, 2.75) is 57.3 Å². The molecule has 22 heavy (non-hydrogen) atoms. The largest absolute Gasteiger partial charge is 0.391 e. The summed E-state index contributed by atoms with van der Waals surface area (Å²) >= 11 is 0. The lowest BCUT2D eigenvalue weighted by molar-refractivity contribution is -0.0178.